The summed E-state index contributed by atoms with van der Waals surface area (Å²) in [5, 5.41) is 0. The summed E-state index contributed by atoms with van der Waals surface area (Å²) in [6.45, 7) is 4.63. The lowest BCUT2D eigenvalue weighted by molar-refractivity contribution is -0.118. The number of carbonyl (C=O) groups excluding carboxylic acids is 1. The highest BCUT2D eigenvalue weighted by Gasteiger charge is 2.14. The molecule has 2 rings (SSSR count). The standard InChI is InChI=1S/C16H19N3O/c1-3-19(15-8-4-12(2)5-9-15)16(20)10-14-7-6-13(17)11-18-14/h4-9,11H,3,10,17H2,1-2H3. The number of benzene rings is 1. The van der Waals surface area contributed by atoms with E-state index in [1.54, 1.807) is 23.2 Å². The lowest BCUT2D eigenvalue weighted by Gasteiger charge is -2.21. The van der Waals surface area contributed by atoms with Crippen LogP contribution in [0, 0.1) is 6.92 Å². The number of nitrogens with two attached hydrogens (primary N) is 1. The zero-order valence-electron chi connectivity index (χ0n) is 11.8. The van der Waals surface area contributed by atoms with E-state index in [1.807, 2.05) is 38.1 Å². The highest BCUT2D eigenvalue weighted by molar-refractivity contribution is 5.94. The fourth-order valence-corrected chi connectivity index (χ4v) is 2.02. The number of likely N-dealkylation sites (N-methyl/N-ethyl adjacent to an activating group) is 1. The van der Waals surface area contributed by atoms with Crippen LogP contribution in [0.15, 0.2) is 42.6 Å². The van der Waals surface area contributed by atoms with Gasteiger partial charge in [0.1, 0.15) is 0 Å². The van der Waals surface area contributed by atoms with E-state index >= 15 is 0 Å². The molecule has 1 amide bonds. The molecule has 1 heterocycles. The van der Waals surface area contributed by atoms with Crippen LogP contribution in [0.1, 0.15) is 18.2 Å². The minimum atomic E-state index is 0.0358. The molecular formula is C16H19N3O. The third-order valence-electron chi connectivity index (χ3n) is 3.14. The Labute approximate surface area is 119 Å². The van der Waals surface area contributed by atoms with Gasteiger partial charge in [0.25, 0.3) is 0 Å². The highest BCUT2D eigenvalue weighted by atomic mass is 16.2. The number of nitrogen functional groups attached to an aromatic ring is 1. The Kier molecular flexibility index (Phi) is 4.35. The number of rotatable bonds is 4. The third-order valence-corrected chi connectivity index (χ3v) is 3.14. The smallest absolute Gasteiger partial charge is 0.232 e. The fourth-order valence-electron chi connectivity index (χ4n) is 2.02. The Morgan fingerprint density at radius 1 is 1.20 bits per heavy atom. The maximum absolute atomic E-state index is 12.4. The highest BCUT2D eigenvalue weighted by Crippen LogP contribution is 2.16. The van der Waals surface area contributed by atoms with Gasteiger partial charge in [0.15, 0.2) is 0 Å². The topological polar surface area (TPSA) is 59.2 Å². The van der Waals surface area contributed by atoms with Crippen LogP contribution in [0.4, 0.5) is 11.4 Å². The van der Waals surface area contributed by atoms with Crippen molar-refractivity contribution < 1.29 is 4.79 Å². The Balaban J connectivity index is 2.13. The number of anilines is 2. The molecule has 1 aromatic carbocycles. The van der Waals surface area contributed by atoms with E-state index in [4.69, 9.17) is 5.73 Å². The van der Waals surface area contributed by atoms with Crippen LogP contribution < -0.4 is 10.6 Å². The second-order valence-corrected chi connectivity index (χ2v) is 4.73. The van der Waals surface area contributed by atoms with Crippen molar-refractivity contribution in [3.05, 3.63) is 53.9 Å². The molecular weight excluding hydrogens is 250 g/mol. The quantitative estimate of drug-likeness (QED) is 0.928. The average molecular weight is 269 g/mol. The molecule has 4 nitrogen and oxygen atoms in total. The number of amides is 1. The number of pyridine rings is 1. The van der Waals surface area contributed by atoms with Gasteiger partial charge in [-0.3, -0.25) is 9.78 Å². The SMILES string of the molecule is CCN(C(=O)Cc1ccc(N)cn1)c1ccc(C)cc1. The van der Waals surface area contributed by atoms with Gasteiger partial charge in [-0.05, 0) is 38.1 Å². The first-order chi connectivity index (χ1) is 9.60. The first kappa shape index (κ1) is 14.1. The van der Waals surface area contributed by atoms with Crippen LogP contribution in [-0.2, 0) is 11.2 Å². The van der Waals surface area contributed by atoms with E-state index in [0.717, 1.165) is 11.4 Å². The van der Waals surface area contributed by atoms with Gasteiger partial charge < -0.3 is 10.6 Å². The third kappa shape index (κ3) is 3.35. The van der Waals surface area contributed by atoms with Gasteiger partial charge in [-0.15, -0.1) is 0 Å². The van der Waals surface area contributed by atoms with Crippen LogP contribution in [0.2, 0.25) is 0 Å². The van der Waals surface area contributed by atoms with Gasteiger partial charge in [0.05, 0.1) is 18.3 Å². The van der Waals surface area contributed by atoms with Gasteiger partial charge in [-0.1, -0.05) is 17.7 Å². The molecule has 0 radical (unpaired) electrons. The Hall–Kier alpha value is -2.36. The number of nitrogens with zero attached hydrogens (tertiary/aromatic N) is 2. The van der Waals surface area contributed by atoms with Crippen molar-refractivity contribution in [2.75, 3.05) is 17.2 Å². The number of hydrogen-bond acceptors (Lipinski definition) is 3. The first-order valence-corrected chi connectivity index (χ1v) is 6.67. The van der Waals surface area contributed by atoms with Crippen molar-refractivity contribution in [1.29, 1.82) is 0 Å². The van der Waals surface area contributed by atoms with Gasteiger partial charge in [-0.2, -0.15) is 0 Å². The van der Waals surface area contributed by atoms with Crippen LogP contribution in [0.3, 0.4) is 0 Å². The molecule has 0 aliphatic carbocycles. The molecule has 0 fully saturated rings. The molecule has 104 valence electrons. The number of carbonyl (C=O) groups is 1. The van der Waals surface area contributed by atoms with Crippen molar-refractivity contribution in [1.82, 2.24) is 4.98 Å². The van der Waals surface area contributed by atoms with E-state index in [2.05, 4.69) is 4.98 Å². The van der Waals surface area contributed by atoms with Gasteiger partial charge in [0.2, 0.25) is 5.91 Å². The monoisotopic (exact) mass is 269 g/mol. The summed E-state index contributed by atoms with van der Waals surface area (Å²) in [7, 11) is 0. The molecule has 0 unspecified atom stereocenters. The zero-order valence-corrected chi connectivity index (χ0v) is 11.8. The molecule has 0 aliphatic heterocycles. The Morgan fingerprint density at radius 3 is 2.45 bits per heavy atom. The molecule has 0 saturated carbocycles. The molecule has 0 atom stereocenters. The van der Waals surface area contributed by atoms with E-state index in [0.29, 0.717) is 12.2 Å². The summed E-state index contributed by atoms with van der Waals surface area (Å²) in [5.41, 5.74) is 9.02. The van der Waals surface area contributed by atoms with Crippen molar-refractivity contribution in [3.8, 4) is 0 Å². The lowest BCUT2D eigenvalue weighted by Crippen LogP contribution is -2.32. The van der Waals surface area contributed by atoms with Gasteiger partial charge in [0, 0.05) is 17.9 Å². The van der Waals surface area contributed by atoms with E-state index in [9.17, 15) is 4.79 Å². The maximum atomic E-state index is 12.4. The van der Waals surface area contributed by atoms with Crippen LogP contribution in [0.25, 0.3) is 0 Å². The lowest BCUT2D eigenvalue weighted by atomic mass is 10.2. The summed E-state index contributed by atoms with van der Waals surface area (Å²) in [6, 6.07) is 11.5. The van der Waals surface area contributed by atoms with E-state index < -0.39 is 0 Å². The molecule has 2 N–H and O–H groups in total. The van der Waals surface area contributed by atoms with Gasteiger partial charge in [-0.25, -0.2) is 0 Å². The molecule has 0 aliphatic rings. The summed E-state index contributed by atoms with van der Waals surface area (Å²) >= 11 is 0. The minimum absolute atomic E-state index is 0.0358. The predicted octanol–water partition coefficient (Wildman–Crippen LogP) is 2.57. The molecule has 0 saturated heterocycles. The van der Waals surface area contributed by atoms with Crippen LogP contribution in [0.5, 0.6) is 0 Å². The minimum Gasteiger partial charge on any atom is -0.397 e. The molecule has 1 aromatic heterocycles. The maximum Gasteiger partial charge on any atom is 0.232 e. The first-order valence-electron chi connectivity index (χ1n) is 6.67. The predicted molar refractivity (Wildman–Crippen MR) is 81.6 cm³/mol. The van der Waals surface area contributed by atoms with Crippen molar-refractivity contribution in [2.24, 2.45) is 0 Å². The van der Waals surface area contributed by atoms with Crippen molar-refractivity contribution in [2.45, 2.75) is 20.3 Å². The summed E-state index contributed by atoms with van der Waals surface area (Å²) in [5.74, 6) is 0.0358. The summed E-state index contributed by atoms with van der Waals surface area (Å²) < 4.78 is 0. The molecule has 20 heavy (non-hydrogen) atoms. The zero-order chi connectivity index (χ0) is 14.5. The molecule has 4 heteroatoms. The van der Waals surface area contributed by atoms with Crippen LogP contribution in [-0.4, -0.2) is 17.4 Å². The molecule has 0 bridgehead atoms. The summed E-state index contributed by atoms with van der Waals surface area (Å²) in [6.07, 6.45) is 1.85. The average Bonchev–Trinajstić information content (AvgIpc) is 2.44. The number of aryl methyl sites for hydroxylation is 1. The van der Waals surface area contributed by atoms with E-state index in [1.165, 1.54) is 5.56 Å². The van der Waals surface area contributed by atoms with Crippen molar-refractivity contribution >= 4 is 17.3 Å². The normalized spacial score (nSPS) is 10.3. The fraction of sp³-hybridized carbons (Fsp3) is 0.250. The molecule has 0 spiro atoms. The van der Waals surface area contributed by atoms with E-state index in [-0.39, 0.29) is 12.3 Å². The number of aromatic nitrogens is 1. The van der Waals surface area contributed by atoms with Crippen molar-refractivity contribution in [3.63, 3.8) is 0 Å². The second-order valence-electron chi connectivity index (χ2n) is 4.73. The number of hydrogen-bond donors (Lipinski definition) is 1. The largest absolute Gasteiger partial charge is 0.397 e. The molecule has 2 aromatic rings. The summed E-state index contributed by atoms with van der Waals surface area (Å²) in [4.78, 5) is 18.3. The second kappa shape index (κ2) is 6.19. The van der Waals surface area contributed by atoms with Crippen LogP contribution >= 0.6 is 0 Å². The Morgan fingerprint density at radius 2 is 1.90 bits per heavy atom. The van der Waals surface area contributed by atoms with Gasteiger partial charge >= 0.3 is 0 Å². The Bertz CT molecular complexity index is 576.